The minimum Gasteiger partial charge on any atom is -0.505 e. The van der Waals surface area contributed by atoms with Crippen molar-refractivity contribution in [1.82, 2.24) is 0 Å². The largest absolute Gasteiger partial charge is 0.505 e. The Bertz CT molecular complexity index is 1880. The summed E-state index contributed by atoms with van der Waals surface area (Å²) in [4.78, 5) is 0. The number of hydrogen-bond donors (Lipinski definition) is 2. The first-order chi connectivity index (χ1) is 20.2. The van der Waals surface area contributed by atoms with Gasteiger partial charge in [-0.15, -0.1) is 30.4 Å². The van der Waals surface area contributed by atoms with Crippen LogP contribution >= 0.6 is 0 Å². The van der Waals surface area contributed by atoms with E-state index in [0.717, 1.165) is 28.1 Å². The van der Waals surface area contributed by atoms with Crippen LogP contribution in [0.1, 0.15) is 0 Å². The van der Waals surface area contributed by atoms with Gasteiger partial charge in [-0.25, -0.2) is 0 Å². The van der Waals surface area contributed by atoms with E-state index in [1.807, 2.05) is 109 Å². The first-order valence-electron chi connectivity index (χ1n) is 11.8. The summed E-state index contributed by atoms with van der Waals surface area (Å²) in [6.45, 7) is 0. The predicted molar refractivity (Wildman–Crippen MR) is 156 cm³/mol. The lowest BCUT2D eigenvalue weighted by Crippen LogP contribution is -1.89. The zero-order valence-corrected chi connectivity index (χ0v) is 23.1. The first-order valence-corrected chi connectivity index (χ1v) is 13.8. The smallest absolute Gasteiger partial charge is 0.425 e. The molecule has 0 heterocycles. The first kappa shape index (κ1) is 30.9. The van der Waals surface area contributed by atoms with Crippen LogP contribution in [0.2, 0.25) is 0 Å². The summed E-state index contributed by atoms with van der Waals surface area (Å²) in [7, 11) is -6.22. The number of hydrogen-bond acceptors (Lipinski definition) is 12. The third kappa shape index (κ3) is 10.5. The molecular weight excluding hydrogens is 582 g/mol. The molecule has 42 heavy (non-hydrogen) atoms. The van der Waals surface area contributed by atoms with Gasteiger partial charge in [0.1, 0.15) is 5.69 Å². The average molecular weight is 604 g/mol. The van der Waals surface area contributed by atoms with Crippen molar-refractivity contribution in [2.75, 3.05) is 5.32 Å². The van der Waals surface area contributed by atoms with Gasteiger partial charge in [0.05, 0.1) is 17.1 Å². The van der Waals surface area contributed by atoms with Crippen molar-refractivity contribution in [3.05, 3.63) is 115 Å². The monoisotopic (exact) mass is 603 g/mol. The third-order valence-corrected chi connectivity index (χ3v) is 5.19. The van der Waals surface area contributed by atoms with E-state index in [4.69, 9.17) is 25.3 Å². The standard InChI is InChI=1S/C28H21N5O.2O3S/c34-28-26-17-16-25(29-21-7-3-1-4-8-21)19-20(26)11-18-27(28)33-32-24-14-12-23(13-15-24)31-30-22-9-5-2-6-10-22;2*1-4(2)3/h1-19,29,34H;;. The van der Waals surface area contributed by atoms with Gasteiger partial charge < -0.3 is 10.4 Å². The van der Waals surface area contributed by atoms with Crippen molar-refractivity contribution in [2.45, 2.75) is 0 Å². The van der Waals surface area contributed by atoms with E-state index in [-0.39, 0.29) is 5.75 Å². The molecule has 0 bridgehead atoms. The fourth-order valence-corrected chi connectivity index (χ4v) is 3.46. The van der Waals surface area contributed by atoms with E-state index >= 15 is 0 Å². The van der Waals surface area contributed by atoms with Gasteiger partial charge in [-0.1, -0.05) is 42.5 Å². The summed E-state index contributed by atoms with van der Waals surface area (Å²) in [5, 5.41) is 32.6. The van der Waals surface area contributed by atoms with Gasteiger partial charge in [0.25, 0.3) is 0 Å². The van der Waals surface area contributed by atoms with Crippen LogP contribution < -0.4 is 5.32 Å². The summed E-state index contributed by atoms with van der Waals surface area (Å²) < 4.78 is 50.7. The number of nitrogens with one attached hydrogen (secondary N) is 1. The van der Waals surface area contributed by atoms with Crippen molar-refractivity contribution in [3.8, 4) is 5.75 Å². The van der Waals surface area contributed by atoms with Crippen LogP contribution in [-0.4, -0.2) is 30.4 Å². The maximum absolute atomic E-state index is 10.7. The number of para-hydroxylation sites is 1. The molecule has 0 unspecified atom stereocenters. The Morgan fingerprint density at radius 1 is 0.500 bits per heavy atom. The number of azo groups is 2. The number of aromatic hydroxyl groups is 1. The van der Waals surface area contributed by atoms with Gasteiger partial charge >= 0.3 is 21.2 Å². The molecule has 0 saturated carbocycles. The Balaban J connectivity index is 0.000000540. The van der Waals surface area contributed by atoms with Crippen LogP contribution in [0.4, 0.5) is 34.1 Å². The van der Waals surface area contributed by atoms with E-state index in [1.165, 1.54) is 0 Å². The van der Waals surface area contributed by atoms with Gasteiger partial charge in [0.15, 0.2) is 5.75 Å². The lowest BCUT2D eigenvalue weighted by molar-refractivity contribution is 0.482. The highest BCUT2D eigenvalue weighted by Crippen LogP contribution is 2.37. The Morgan fingerprint density at radius 2 is 0.976 bits per heavy atom. The second-order valence-corrected chi connectivity index (χ2v) is 8.84. The molecule has 14 heteroatoms. The molecule has 5 aromatic carbocycles. The Morgan fingerprint density at radius 3 is 1.52 bits per heavy atom. The molecule has 2 N–H and O–H groups in total. The summed E-state index contributed by atoms with van der Waals surface area (Å²) in [5.74, 6) is 0.0980. The average Bonchev–Trinajstić information content (AvgIpc) is 2.97. The zero-order valence-electron chi connectivity index (χ0n) is 21.5. The molecule has 0 fully saturated rings. The molecule has 0 aliphatic rings. The highest BCUT2D eigenvalue weighted by molar-refractivity contribution is 7.59. The summed E-state index contributed by atoms with van der Waals surface area (Å²) in [5.41, 5.74) is 4.52. The van der Waals surface area contributed by atoms with Gasteiger partial charge in [-0.3, -0.25) is 0 Å². The summed E-state index contributed by atoms with van der Waals surface area (Å²) in [6, 6.07) is 36.2. The van der Waals surface area contributed by atoms with Crippen molar-refractivity contribution in [2.24, 2.45) is 20.5 Å². The van der Waals surface area contributed by atoms with Crippen molar-refractivity contribution >= 4 is 66.1 Å². The molecule has 0 amide bonds. The number of phenolic OH excluding ortho intramolecular Hbond substituents is 1. The van der Waals surface area contributed by atoms with Crippen LogP contribution in [0.25, 0.3) is 10.8 Å². The van der Waals surface area contributed by atoms with E-state index < -0.39 is 21.2 Å². The molecule has 0 aliphatic carbocycles. The topological polar surface area (TPSA) is 184 Å². The molecule has 5 aromatic rings. The SMILES string of the molecule is O=S(=O)=O.O=S(=O)=O.Oc1c(N=Nc2ccc(N=Nc3ccccc3)cc2)ccc2cc(Nc3ccccc3)ccc12. The van der Waals surface area contributed by atoms with Crippen molar-refractivity contribution in [1.29, 1.82) is 0 Å². The number of fused-ring (bicyclic) bond motifs is 1. The number of phenols is 1. The van der Waals surface area contributed by atoms with Crippen molar-refractivity contribution in [3.63, 3.8) is 0 Å². The van der Waals surface area contributed by atoms with Gasteiger partial charge in [-0.05, 0) is 78.2 Å². The van der Waals surface area contributed by atoms with E-state index in [9.17, 15) is 5.11 Å². The second-order valence-electron chi connectivity index (χ2n) is 8.02. The van der Waals surface area contributed by atoms with Crippen LogP contribution in [0, 0.1) is 0 Å². The van der Waals surface area contributed by atoms with Crippen molar-refractivity contribution < 1.29 is 30.4 Å². The van der Waals surface area contributed by atoms with Crippen LogP contribution in [0.5, 0.6) is 5.75 Å². The molecule has 5 rings (SSSR count). The highest BCUT2D eigenvalue weighted by Gasteiger charge is 2.07. The Kier molecular flexibility index (Phi) is 11.7. The number of nitrogens with zero attached hydrogens (tertiary/aromatic N) is 4. The van der Waals surface area contributed by atoms with E-state index in [2.05, 4.69) is 25.8 Å². The maximum Gasteiger partial charge on any atom is 0.425 e. The number of benzene rings is 5. The quantitative estimate of drug-likeness (QED) is 0.192. The Hall–Kier alpha value is -5.60. The summed E-state index contributed by atoms with van der Waals surface area (Å²) in [6.07, 6.45) is 0. The fraction of sp³-hybridized carbons (Fsp3) is 0. The third-order valence-electron chi connectivity index (χ3n) is 5.19. The molecule has 0 saturated heterocycles. The number of rotatable bonds is 6. The van der Waals surface area contributed by atoms with E-state index in [0.29, 0.717) is 16.8 Å². The summed E-state index contributed by atoms with van der Waals surface area (Å²) >= 11 is 0. The number of anilines is 2. The minimum absolute atomic E-state index is 0.0980. The van der Waals surface area contributed by atoms with E-state index in [1.54, 1.807) is 6.07 Å². The molecule has 0 radical (unpaired) electrons. The highest BCUT2D eigenvalue weighted by atomic mass is 32.2. The molecule has 0 atom stereocenters. The van der Waals surface area contributed by atoms with Gasteiger partial charge in [0, 0.05) is 16.8 Å². The molecule has 0 spiro atoms. The second kappa shape index (κ2) is 15.9. The van der Waals surface area contributed by atoms with Crippen LogP contribution in [-0.2, 0) is 21.2 Å². The molecular formula is C28H21N5O7S2. The normalized spacial score (nSPS) is 10.4. The zero-order chi connectivity index (χ0) is 30.3. The maximum atomic E-state index is 10.7. The lowest BCUT2D eigenvalue weighted by Gasteiger charge is -2.09. The lowest BCUT2D eigenvalue weighted by atomic mass is 10.1. The molecule has 12 nitrogen and oxygen atoms in total. The fourth-order valence-electron chi connectivity index (χ4n) is 3.46. The minimum atomic E-state index is -3.11. The van der Waals surface area contributed by atoms with Gasteiger partial charge in [0.2, 0.25) is 0 Å². The Labute approximate surface area is 242 Å². The van der Waals surface area contributed by atoms with Gasteiger partial charge in [-0.2, -0.15) is 15.3 Å². The molecule has 0 aromatic heterocycles. The van der Waals surface area contributed by atoms with Crippen LogP contribution in [0.15, 0.2) is 136 Å². The molecule has 0 aliphatic heterocycles. The molecule has 212 valence electrons. The predicted octanol–water partition coefficient (Wildman–Crippen LogP) is 7.11. The van der Waals surface area contributed by atoms with Crippen LogP contribution in [0.3, 0.4) is 0 Å².